The van der Waals surface area contributed by atoms with Crippen molar-refractivity contribution < 1.29 is 18.0 Å². The number of aromatic nitrogens is 1. The average molecular weight is 218 g/mol. The summed E-state index contributed by atoms with van der Waals surface area (Å²) in [5.41, 5.74) is 3.89. The molecule has 0 aliphatic heterocycles. The fourth-order valence-electron chi connectivity index (χ4n) is 1.14. The predicted octanol–water partition coefficient (Wildman–Crippen LogP) is 1.52. The van der Waals surface area contributed by atoms with E-state index in [0.29, 0.717) is 0 Å². The van der Waals surface area contributed by atoms with Gasteiger partial charge in [-0.3, -0.25) is 9.78 Å². The minimum Gasteiger partial charge on any atom is -0.370 e. The SMILES string of the molecule is NC(=O)CCc1ncccc1C(F)(F)F. The van der Waals surface area contributed by atoms with Crippen LogP contribution in [0.15, 0.2) is 18.3 Å². The summed E-state index contributed by atoms with van der Waals surface area (Å²) in [6.07, 6.45) is -3.42. The number of aryl methyl sites for hydroxylation is 1. The Balaban J connectivity index is 2.92. The number of pyridine rings is 1. The molecule has 0 fully saturated rings. The lowest BCUT2D eigenvalue weighted by atomic mass is 10.1. The number of hydrogen-bond donors (Lipinski definition) is 1. The van der Waals surface area contributed by atoms with Crippen LogP contribution in [0.1, 0.15) is 17.7 Å². The molecule has 1 amide bonds. The van der Waals surface area contributed by atoms with E-state index < -0.39 is 17.6 Å². The zero-order valence-electron chi connectivity index (χ0n) is 7.71. The first-order chi connectivity index (χ1) is 6.91. The molecule has 1 aromatic heterocycles. The van der Waals surface area contributed by atoms with Crippen LogP contribution in [-0.4, -0.2) is 10.9 Å². The highest BCUT2D eigenvalue weighted by Gasteiger charge is 2.33. The van der Waals surface area contributed by atoms with Crippen molar-refractivity contribution in [2.24, 2.45) is 5.73 Å². The molecule has 15 heavy (non-hydrogen) atoms. The number of hydrogen-bond acceptors (Lipinski definition) is 2. The van der Waals surface area contributed by atoms with Crippen LogP contribution < -0.4 is 5.73 Å². The average Bonchev–Trinajstić information content (AvgIpc) is 2.13. The van der Waals surface area contributed by atoms with Gasteiger partial charge in [-0.2, -0.15) is 13.2 Å². The van der Waals surface area contributed by atoms with Crippen LogP contribution in [0.4, 0.5) is 13.2 Å². The zero-order valence-corrected chi connectivity index (χ0v) is 7.71. The van der Waals surface area contributed by atoms with Crippen LogP contribution in [-0.2, 0) is 17.4 Å². The quantitative estimate of drug-likeness (QED) is 0.836. The number of primary amides is 1. The van der Waals surface area contributed by atoms with E-state index in [9.17, 15) is 18.0 Å². The standard InChI is InChI=1S/C9H9F3N2O/c10-9(11,12)6-2-1-5-14-7(6)3-4-8(13)15/h1-2,5H,3-4H2,(H2,13,15). The molecule has 0 aliphatic rings. The first-order valence-corrected chi connectivity index (χ1v) is 4.20. The lowest BCUT2D eigenvalue weighted by Gasteiger charge is -2.10. The van der Waals surface area contributed by atoms with Gasteiger partial charge in [-0.05, 0) is 18.6 Å². The molecule has 0 spiro atoms. The molecule has 0 radical (unpaired) electrons. The number of alkyl halides is 3. The molecule has 0 atom stereocenters. The molecule has 1 aromatic rings. The molecule has 2 N–H and O–H groups in total. The van der Waals surface area contributed by atoms with Crippen molar-refractivity contribution >= 4 is 5.91 Å². The van der Waals surface area contributed by atoms with Crippen molar-refractivity contribution in [1.29, 1.82) is 0 Å². The van der Waals surface area contributed by atoms with Gasteiger partial charge < -0.3 is 5.73 Å². The van der Waals surface area contributed by atoms with Crippen molar-refractivity contribution in [3.63, 3.8) is 0 Å². The van der Waals surface area contributed by atoms with Gasteiger partial charge in [0.25, 0.3) is 0 Å². The van der Waals surface area contributed by atoms with Crippen LogP contribution in [0.25, 0.3) is 0 Å². The van der Waals surface area contributed by atoms with E-state index in [1.54, 1.807) is 0 Å². The Kier molecular flexibility index (Phi) is 3.28. The Morgan fingerprint density at radius 3 is 2.67 bits per heavy atom. The summed E-state index contributed by atoms with van der Waals surface area (Å²) in [6.45, 7) is 0. The second-order valence-electron chi connectivity index (χ2n) is 2.96. The maximum absolute atomic E-state index is 12.4. The number of halogens is 3. The van der Waals surface area contributed by atoms with Crippen molar-refractivity contribution in [3.8, 4) is 0 Å². The third-order valence-corrected chi connectivity index (χ3v) is 1.80. The van der Waals surface area contributed by atoms with E-state index in [1.165, 1.54) is 12.3 Å². The summed E-state index contributed by atoms with van der Waals surface area (Å²) >= 11 is 0. The molecule has 82 valence electrons. The van der Waals surface area contributed by atoms with E-state index in [4.69, 9.17) is 5.73 Å². The summed E-state index contributed by atoms with van der Waals surface area (Å²) in [4.78, 5) is 14.0. The Labute approximate surface area is 84.1 Å². The molecular weight excluding hydrogens is 209 g/mol. The molecule has 0 saturated heterocycles. The predicted molar refractivity (Wildman–Crippen MR) is 46.8 cm³/mol. The van der Waals surface area contributed by atoms with Crippen molar-refractivity contribution in [2.75, 3.05) is 0 Å². The summed E-state index contributed by atoms with van der Waals surface area (Å²) in [6, 6.07) is 2.14. The minimum atomic E-state index is -4.44. The second-order valence-corrected chi connectivity index (χ2v) is 2.96. The van der Waals surface area contributed by atoms with E-state index in [1.807, 2.05) is 0 Å². The summed E-state index contributed by atoms with van der Waals surface area (Å²) in [5, 5.41) is 0. The monoisotopic (exact) mass is 218 g/mol. The van der Waals surface area contributed by atoms with Gasteiger partial charge in [-0.15, -0.1) is 0 Å². The first kappa shape index (κ1) is 11.5. The van der Waals surface area contributed by atoms with Gasteiger partial charge in [0.15, 0.2) is 0 Å². The topological polar surface area (TPSA) is 56.0 Å². The summed E-state index contributed by atoms with van der Waals surface area (Å²) in [5.74, 6) is -0.645. The van der Waals surface area contributed by atoms with E-state index in [-0.39, 0.29) is 18.5 Å². The summed E-state index contributed by atoms with van der Waals surface area (Å²) < 4.78 is 37.2. The number of carbonyl (C=O) groups is 1. The molecule has 3 nitrogen and oxygen atoms in total. The summed E-state index contributed by atoms with van der Waals surface area (Å²) in [7, 11) is 0. The highest BCUT2D eigenvalue weighted by molar-refractivity contribution is 5.73. The van der Waals surface area contributed by atoms with Crippen LogP contribution in [0.5, 0.6) is 0 Å². The van der Waals surface area contributed by atoms with Gasteiger partial charge in [0, 0.05) is 12.6 Å². The van der Waals surface area contributed by atoms with E-state index >= 15 is 0 Å². The van der Waals surface area contributed by atoms with Gasteiger partial charge in [0.1, 0.15) is 0 Å². The van der Waals surface area contributed by atoms with E-state index in [0.717, 1.165) is 6.07 Å². The number of nitrogens with zero attached hydrogens (tertiary/aromatic N) is 1. The van der Waals surface area contributed by atoms with Crippen LogP contribution in [0.2, 0.25) is 0 Å². The van der Waals surface area contributed by atoms with Crippen LogP contribution in [0, 0.1) is 0 Å². The maximum Gasteiger partial charge on any atom is 0.418 e. The Morgan fingerprint density at radius 1 is 1.47 bits per heavy atom. The molecule has 0 unspecified atom stereocenters. The number of rotatable bonds is 3. The molecule has 6 heteroatoms. The van der Waals surface area contributed by atoms with Gasteiger partial charge in [0.2, 0.25) is 5.91 Å². The minimum absolute atomic E-state index is 0.0922. The molecular formula is C9H9F3N2O. The maximum atomic E-state index is 12.4. The number of amides is 1. The normalized spacial score (nSPS) is 11.4. The molecule has 0 aliphatic carbocycles. The van der Waals surface area contributed by atoms with Gasteiger partial charge in [0.05, 0.1) is 11.3 Å². The lowest BCUT2D eigenvalue weighted by Crippen LogP contribution is -2.15. The van der Waals surface area contributed by atoms with Crippen LogP contribution >= 0.6 is 0 Å². The second kappa shape index (κ2) is 4.29. The number of nitrogens with two attached hydrogens (primary N) is 1. The molecule has 1 heterocycles. The van der Waals surface area contributed by atoms with Gasteiger partial charge >= 0.3 is 6.18 Å². The number of carbonyl (C=O) groups excluding carboxylic acids is 1. The highest BCUT2D eigenvalue weighted by Crippen LogP contribution is 2.31. The smallest absolute Gasteiger partial charge is 0.370 e. The fourth-order valence-corrected chi connectivity index (χ4v) is 1.14. The van der Waals surface area contributed by atoms with Crippen molar-refractivity contribution in [2.45, 2.75) is 19.0 Å². The molecule has 0 saturated carbocycles. The largest absolute Gasteiger partial charge is 0.418 e. The van der Waals surface area contributed by atoms with Gasteiger partial charge in [-0.1, -0.05) is 0 Å². The van der Waals surface area contributed by atoms with Gasteiger partial charge in [-0.25, -0.2) is 0 Å². The van der Waals surface area contributed by atoms with E-state index in [2.05, 4.69) is 4.98 Å². The third kappa shape index (κ3) is 3.23. The molecule has 1 rings (SSSR count). The van der Waals surface area contributed by atoms with Crippen LogP contribution in [0.3, 0.4) is 0 Å². The fraction of sp³-hybridized carbons (Fsp3) is 0.333. The Morgan fingerprint density at radius 2 is 2.13 bits per heavy atom. The Bertz CT molecular complexity index is 363. The third-order valence-electron chi connectivity index (χ3n) is 1.80. The molecule has 0 aromatic carbocycles. The van der Waals surface area contributed by atoms with Crippen molar-refractivity contribution in [3.05, 3.63) is 29.6 Å². The lowest BCUT2D eigenvalue weighted by molar-refractivity contribution is -0.138. The zero-order chi connectivity index (χ0) is 11.5. The van der Waals surface area contributed by atoms with Crippen molar-refractivity contribution in [1.82, 2.24) is 4.98 Å². The molecule has 0 bridgehead atoms. The Hall–Kier alpha value is -1.59. The highest BCUT2D eigenvalue weighted by atomic mass is 19.4. The first-order valence-electron chi connectivity index (χ1n) is 4.20.